The molecule has 1 aliphatic heterocycles. The number of piperidine rings is 1. The first kappa shape index (κ1) is 20.2. The molecule has 0 aliphatic carbocycles. The number of nitrogens with zero attached hydrogens (tertiary/aromatic N) is 3. The first-order valence-corrected chi connectivity index (χ1v) is 10.3. The molecule has 6 nitrogen and oxygen atoms in total. The van der Waals surface area contributed by atoms with Gasteiger partial charge in [-0.05, 0) is 56.2 Å². The molecule has 0 unspecified atom stereocenters. The van der Waals surface area contributed by atoms with Crippen LogP contribution in [0, 0.1) is 12.8 Å². The van der Waals surface area contributed by atoms with Crippen molar-refractivity contribution in [3.05, 3.63) is 71.5 Å². The van der Waals surface area contributed by atoms with Crippen LogP contribution in [0.2, 0.25) is 5.02 Å². The number of hydrogen-bond donors (Lipinski definition) is 1. The maximum Gasteiger partial charge on any atom is 0.263 e. The van der Waals surface area contributed by atoms with Crippen LogP contribution < -0.4 is 15.0 Å². The van der Waals surface area contributed by atoms with Gasteiger partial charge in [0.15, 0.2) is 5.82 Å². The highest BCUT2D eigenvalue weighted by Gasteiger charge is 2.28. The van der Waals surface area contributed by atoms with Crippen LogP contribution in [0.4, 0.5) is 11.5 Å². The van der Waals surface area contributed by atoms with Gasteiger partial charge in [-0.15, -0.1) is 0 Å². The summed E-state index contributed by atoms with van der Waals surface area (Å²) in [4.78, 5) is 23.7. The highest BCUT2D eigenvalue weighted by molar-refractivity contribution is 6.30. The number of nitrogens with one attached hydrogen (secondary N) is 1. The Morgan fingerprint density at radius 3 is 2.60 bits per heavy atom. The number of carbonyl (C=O) groups excluding carboxylic acids is 1. The Labute approximate surface area is 180 Å². The lowest BCUT2D eigenvalue weighted by molar-refractivity contribution is -0.120. The summed E-state index contributed by atoms with van der Waals surface area (Å²) in [7, 11) is 0. The molecule has 30 heavy (non-hydrogen) atoms. The first-order valence-electron chi connectivity index (χ1n) is 9.95. The van der Waals surface area contributed by atoms with Crippen molar-refractivity contribution in [2.75, 3.05) is 23.3 Å². The minimum absolute atomic E-state index is 0.00749. The normalized spacial score (nSPS) is 16.2. The van der Waals surface area contributed by atoms with E-state index in [-0.39, 0.29) is 11.8 Å². The second-order valence-corrected chi connectivity index (χ2v) is 7.82. The highest BCUT2D eigenvalue weighted by atomic mass is 35.5. The topological polar surface area (TPSA) is 67.4 Å². The fourth-order valence-corrected chi connectivity index (χ4v) is 3.61. The van der Waals surface area contributed by atoms with Crippen molar-refractivity contribution in [3.63, 3.8) is 0 Å². The Morgan fingerprint density at radius 1 is 1.10 bits per heavy atom. The molecule has 1 aliphatic rings. The molecule has 154 valence electrons. The predicted molar refractivity (Wildman–Crippen MR) is 118 cm³/mol. The fourth-order valence-electron chi connectivity index (χ4n) is 3.49. The summed E-state index contributed by atoms with van der Waals surface area (Å²) in [5.74, 6) is 1.65. The number of anilines is 2. The summed E-state index contributed by atoms with van der Waals surface area (Å²) < 4.78 is 5.99. The van der Waals surface area contributed by atoms with E-state index >= 15 is 0 Å². The number of ether oxygens (including phenoxy) is 1. The molecule has 7 heteroatoms. The van der Waals surface area contributed by atoms with E-state index in [0.29, 0.717) is 29.0 Å². The highest BCUT2D eigenvalue weighted by Crippen LogP contribution is 2.31. The summed E-state index contributed by atoms with van der Waals surface area (Å²) in [6.07, 6.45) is 4.97. The summed E-state index contributed by atoms with van der Waals surface area (Å²) in [5, 5.41) is 3.62. The van der Waals surface area contributed by atoms with Crippen molar-refractivity contribution in [1.29, 1.82) is 0 Å². The molecule has 1 aromatic heterocycles. The van der Waals surface area contributed by atoms with E-state index in [9.17, 15) is 4.79 Å². The fraction of sp³-hybridized carbons (Fsp3) is 0.261. The number of benzene rings is 2. The van der Waals surface area contributed by atoms with Crippen LogP contribution in [0.5, 0.6) is 11.6 Å². The quantitative estimate of drug-likeness (QED) is 0.620. The van der Waals surface area contributed by atoms with Crippen LogP contribution in [0.25, 0.3) is 0 Å². The second-order valence-electron chi connectivity index (χ2n) is 7.38. The third kappa shape index (κ3) is 4.89. The molecule has 1 N–H and O–H groups in total. The standard InChI is InChI=1S/C23H23ClN4O2/c1-16-4-10-20(11-5-16)30-23-21(25-12-13-26-23)28-14-2-3-17(15-28)22(29)27-19-8-6-18(24)7-9-19/h4-13,17H,2-3,14-15H2,1H3,(H,27,29)/t17-/m0/s1. The van der Waals surface area contributed by atoms with Gasteiger partial charge in [0, 0.05) is 36.2 Å². The van der Waals surface area contributed by atoms with E-state index in [1.54, 1.807) is 36.7 Å². The molecule has 2 aromatic carbocycles. The summed E-state index contributed by atoms with van der Waals surface area (Å²) in [5.41, 5.74) is 1.90. The maximum atomic E-state index is 12.8. The predicted octanol–water partition coefficient (Wildman–Crippen LogP) is 5.09. The van der Waals surface area contributed by atoms with E-state index in [4.69, 9.17) is 16.3 Å². The summed E-state index contributed by atoms with van der Waals surface area (Å²) in [6.45, 7) is 3.39. The van der Waals surface area contributed by atoms with Gasteiger partial charge in [0.2, 0.25) is 5.91 Å². The minimum Gasteiger partial charge on any atom is -0.436 e. The number of hydrogen-bond acceptors (Lipinski definition) is 5. The number of amides is 1. The number of halogens is 1. The number of aryl methyl sites for hydroxylation is 1. The van der Waals surface area contributed by atoms with E-state index in [0.717, 1.165) is 30.6 Å². The second kappa shape index (κ2) is 9.13. The van der Waals surface area contributed by atoms with E-state index < -0.39 is 0 Å². The summed E-state index contributed by atoms with van der Waals surface area (Å²) in [6, 6.07) is 14.9. The van der Waals surface area contributed by atoms with Crippen molar-refractivity contribution < 1.29 is 9.53 Å². The van der Waals surface area contributed by atoms with Gasteiger partial charge in [-0.1, -0.05) is 29.3 Å². The monoisotopic (exact) mass is 422 g/mol. The Balaban J connectivity index is 1.47. The van der Waals surface area contributed by atoms with Crippen molar-refractivity contribution in [3.8, 4) is 11.6 Å². The van der Waals surface area contributed by atoms with E-state index in [1.165, 1.54) is 0 Å². The zero-order valence-corrected chi connectivity index (χ0v) is 17.5. The molecule has 1 fully saturated rings. The third-order valence-corrected chi connectivity index (χ3v) is 5.34. The molecule has 0 spiro atoms. The lowest BCUT2D eigenvalue weighted by Crippen LogP contribution is -2.41. The number of rotatable bonds is 5. The maximum absolute atomic E-state index is 12.8. The number of aromatic nitrogens is 2. The molecule has 0 radical (unpaired) electrons. The zero-order chi connectivity index (χ0) is 20.9. The Hall–Kier alpha value is -3.12. The van der Waals surface area contributed by atoms with Crippen LogP contribution in [-0.2, 0) is 4.79 Å². The average Bonchev–Trinajstić information content (AvgIpc) is 2.77. The van der Waals surface area contributed by atoms with Crippen LogP contribution in [0.15, 0.2) is 60.9 Å². The van der Waals surface area contributed by atoms with Gasteiger partial charge in [-0.3, -0.25) is 4.79 Å². The Morgan fingerprint density at radius 2 is 1.83 bits per heavy atom. The van der Waals surface area contributed by atoms with Crippen LogP contribution in [0.1, 0.15) is 18.4 Å². The number of carbonyl (C=O) groups is 1. The Kier molecular flexibility index (Phi) is 6.14. The van der Waals surface area contributed by atoms with Crippen molar-refractivity contribution in [2.45, 2.75) is 19.8 Å². The van der Waals surface area contributed by atoms with E-state index in [1.807, 2.05) is 31.2 Å². The molecule has 2 heterocycles. The van der Waals surface area contributed by atoms with Gasteiger partial charge in [-0.25, -0.2) is 9.97 Å². The molecule has 1 atom stereocenters. The third-order valence-electron chi connectivity index (χ3n) is 5.09. The van der Waals surface area contributed by atoms with Gasteiger partial charge in [-0.2, -0.15) is 0 Å². The van der Waals surface area contributed by atoms with Gasteiger partial charge < -0.3 is 15.0 Å². The van der Waals surface area contributed by atoms with Gasteiger partial charge in [0.25, 0.3) is 5.88 Å². The van der Waals surface area contributed by atoms with Crippen molar-refractivity contribution in [2.24, 2.45) is 5.92 Å². The average molecular weight is 423 g/mol. The molecule has 3 aromatic rings. The molecule has 0 bridgehead atoms. The van der Waals surface area contributed by atoms with Crippen LogP contribution in [0.3, 0.4) is 0 Å². The van der Waals surface area contributed by atoms with Gasteiger partial charge in [0.1, 0.15) is 5.75 Å². The van der Waals surface area contributed by atoms with Crippen molar-refractivity contribution >= 4 is 29.0 Å². The van der Waals surface area contributed by atoms with Crippen molar-refractivity contribution in [1.82, 2.24) is 9.97 Å². The summed E-state index contributed by atoms with van der Waals surface area (Å²) >= 11 is 5.92. The van der Waals surface area contributed by atoms with E-state index in [2.05, 4.69) is 20.2 Å². The van der Waals surface area contributed by atoms with Gasteiger partial charge >= 0.3 is 0 Å². The molecule has 1 amide bonds. The molecule has 0 saturated carbocycles. The molecule has 4 rings (SSSR count). The molecule has 1 saturated heterocycles. The lowest BCUT2D eigenvalue weighted by Gasteiger charge is -2.33. The molecular weight excluding hydrogens is 400 g/mol. The lowest BCUT2D eigenvalue weighted by atomic mass is 9.97. The van der Waals surface area contributed by atoms with Gasteiger partial charge in [0.05, 0.1) is 5.92 Å². The van der Waals surface area contributed by atoms with Crippen LogP contribution in [-0.4, -0.2) is 29.0 Å². The minimum atomic E-state index is -0.149. The van der Waals surface area contributed by atoms with Crippen LogP contribution >= 0.6 is 11.6 Å². The largest absolute Gasteiger partial charge is 0.436 e. The first-order chi connectivity index (χ1) is 14.6. The Bertz CT molecular complexity index is 1010. The smallest absolute Gasteiger partial charge is 0.263 e. The SMILES string of the molecule is Cc1ccc(Oc2nccnc2N2CCC[C@H](C(=O)Nc3ccc(Cl)cc3)C2)cc1. The molecular formula is C23H23ClN4O2. The zero-order valence-electron chi connectivity index (χ0n) is 16.7.